The van der Waals surface area contributed by atoms with Crippen LogP contribution in [0.2, 0.25) is 0 Å². The summed E-state index contributed by atoms with van der Waals surface area (Å²) in [7, 11) is -2.69. The molecular formula is C34H36FN3O4S. The Morgan fingerprint density at radius 2 is 1.47 bits per heavy atom. The first kappa shape index (κ1) is 31.4. The first-order valence-electron chi connectivity index (χ1n) is 14.0. The van der Waals surface area contributed by atoms with E-state index >= 15 is 0 Å². The molecule has 4 rings (SSSR count). The molecule has 0 unspecified atom stereocenters. The van der Waals surface area contributed by atoms with E-state index in [0.717, 1.165) is 26.6 Å². The van der Waals surface area contributed by atoms with Gasteiger partial charge in [-0.2, -0.15) is 0 Å². The van der Waals surface area contributed by atoms with Crippen molar-refractivity contribution in [2.75, 3.05) is 17.9 Å². The second-order valence-electron chi connectivity index (χ2n) is 10.6. The molecule has 2 amide bonds. The number of sulfonamides is 1. The number of amides is 2. The van der Waals surface area contributed by atoms with Gasteiger partial charge in [-0.05, 0) is 79.4 Å². The van der Waals surface area contributed by atoms with Gasteiger partial charge in [0, 0.05) is 20.0 Å². The minimum absolute atomic E-state index is 0.0324. The Morgan fingerprint density at radius 1 is 0.814 bits per heavy atom. The van der Waals surface area contributed by atoms with Crippen LogP contribution in [0.15, 0.2) is 102 Å². The van der Waals surface area contributed by atoms with Gasteiger partial charge in [-0.3, -0.25) is 13.9 Å². The van der Waals surface area contributed by atoms with Crippen LogP contribution in [-0.4, -0.2) is 44.8 Å². The Morgan fingerprint density at radius 3 is 2.07 bits per heavy atom. The lowest BCUT2D eigenvalue weighted by atomic mass is 10.0. The quantitative estimate of drug-likeness (QED) is 0.252. The Bertz CT molecular complexity index is 1680. The summed E-state index contributed by atoms with van der Waals surface area (Å²) in [5, 5.41) is 2.65. The maximum absolute atomic E-state index is 14.3. The average Bonchev–Trinajstić information content (AvgIpc) is 3.00. The molecule has 0 aromatic heterocycles. The van der Waals surface area contributed by atoms with E-state index in [4.69, 9.17) is 0 Å². The van der Waals surface area contributed by atoms with Crippen molar-refractivity contribution in [3.8, 4) is 0 Å². The van der Waals surface area contributed by atoms with Crippen LogP contribution in [-0.2, 0) is 32.6 Å². The van der Waals surface area contributed by atoms with Gasteiger partial charge < -0.3 is 10.2 Å². The summed E-state index contributed by atoms with van der Waals surface area (Å²) in [5.41, 5.74) is 4.49. The Hall–Kier alpha value is -4.50. The van der Waals surface area contributed by atoms with Crippen LogP contribution in [0.5, 0.6) is 0 Å². The van der Waals surface area contributed by atoms with Gasteiger partial charge in [0.25, 0.3) is 10.0 Å². The number of hydrogen-bond acceptors (Lipinski definition) is 4. The van der Waals surface area contributed by atoms with Crippen molar-refractivity contribution in [1.29, 1.82) is 0 Å². The molecule has 1 N–H and O–H groups in total. The van der Waals surface area contributed by atoms with E-state index in [1.54, 1.807) is 36.4 Å². The summed E-state index contributed by atoms with van der Waals surface area (Å²) < 4.78 is 43.0. The summed E-state index contributed by atoms with van der Waals surface area (Å²) in [4.78, 5) is 29.0. The van der Waals surface area contributed by atoms with Gasteiger partial charge in [0.05, 0.1) is 10.6 Å². The molecule has 0 aliphatic heterocycles. The summed E-state index contributed by atoms with van der Waals surface area (Å²) in [6.45, 7) is 5.07. The molecule has 0 fully saturated rings. The van der Waals surface area contributed by atoms with Crippen LogP contribution in [0, 0.1) is 26.6 Å². The number of likely N-dealkylation sites (N-methyl/N-ethyl adjacent to an activating group) is 1. The lowest BCUT2D eigenvalue weighted by Crippen LogP contribution is -2.53. The predicted molar refractivity (Wildman–Crippen MR) is 167 cm³/mol. The van der Waals surface area contributed by atoms with E-state index < -0.39 is 40.2 Å². The topological polar surface area (TPSA) is 86.8 Å². The van der Waals surface area contributed by atoms with E-state index in [-0.39, 0.29) is 17.9 Å². The highest BCUT2D eigenvalue weighted by atomic mass is 32.2. The second-order valence-corrected chi connectivity index (χ2v) is 12.4. The predicted octanol–water partition coefficient (Wildman–Crippen LogP) is 5.33. The smallest absolute Gasteiger partial charge is 0.264 e. The van der Waals surface area contributed by atoms with E-state index in [2.05, 4.69) is 5.32 Å². The molecule has 4 aromatic carbocycles. The number of carbonyl (C=O) groups is 2. The van der Waals surface area contributed by atoms with E-state index in [0.29, 0.717) is 11.3 Å². The van der Waals surface area contributed by atoms with Crippen LogP contribution in [0.4, 0.5) is 10.1 Å². The number of nitrogens with one attached hydrogen (secondary N) is 1. The van der Waals surface area contributed by atoms with Crippen molar-refractivity contribution >= 4 is 27.5 Å². The van der Waals surface area contributed by atoms with Gasteiger partial charge in [0.15, 0.2) is 0 Å². The third kappa shape index (κ3) is 7.67. The number of anilines is 1. The van der Waals surface area contributed by atoms with Gasteiger partial charge in [-0.15, -0.1) is 0 Å². The van der Waals surface area contributed by atoms with Gasteiger partial charge >= 0.3 is 0 Å². The molecule has 0 saturated heterocycles. The van der Waals surface area contributed by atoms with Gasteiger partial charge in [0.2, 0.25) is 11.8 Å². The van der Waals surface area contributed by atoms with Crippen molar-refractivity contribution in [1.82, 2.24) is 10.2 Å². The maximum atomic E-state index is 14.3. The second kappa shape index (κ2) is 13.6. The molecule has 0 spiro atoms. The zero-order valence-corrected chi connectivity index (χ0v) is 25.6. The maximum Gasteiger partial charge on any atom is 0.264 e. The van der Waals surface area contributed by atoms with Crippen molar-refractivity contribution in [3.63, 3.8) is 0 Å². The fourth-order valence-corrected chi connectivity index (χ4v) is 6.16. The zero-order chi connectivity index (χ0) is 31.1. The number of benzene rings is 4. The third-order valence-electron chi connectivity index (χ3n) is 7.45. The van der Waals surface area contributed by atoms with Crippen LogP contribution in [0.3, 0.4) is 0 Å². The van der Waals surface area contributed by atoms with Crippen LogP contribution in [0.25, 0.3) is 0 Å². The minimum Gasteiger partial charge on any atom is -0.357 e. The molecule has 4 aromatic rings. The van der Waals surface area contributed by atoms with E-state index in [1.807, 2.05) is 57.2 Å². The first-order chi connectivity index (χ1) is 20.5. The lowest BCUT2D eigenvalue weighted by molar-refractivity contribution is -0.139. The third-order valence-corrected chi connectivity index (χ3v) is 9.24. The van der Waals surface area contributed by atoms with E-state index in [9.17, 15) is 22.4 Å². The summed E-state index contributed by atoms with van der Waals surface area (Å²) in [6.07, 6.45) is 0.196. The van der Waals surface area contributed by atoms with Gasteiger partial charge in [-0.25, -0.2) is 12.8 Å². The highest BCUT2D eigenvalue weighted by Crippen LogP contribution is 2.27. The molecule has 0 heterocycles. The number of hydrogen-bond donors (Lipinski definition) is 1. The molecule has 9 heteroatoms. The summed E-state index contributed by atoms with van der Waals surface area (Å²) in [5.74, 6) is -1.42. The number of halogens is 1. The van der Waals surface area contributed by atoms with Crippen molar-refractivity contribution in [2.24, 2.45) is 0 Å². The Labute approximate surface area is 253 Å². The molecule has 0 saturated carbocycles. The molecule has 1 atom stereocenters. The highest BCUT2D eigenvalue weighted by Gasteiger charge is 2.34. The SMILES string of the molecule is CNC(=O)[C@@H](Cc1ccccc1)N(Cc1ccc(F)cc1)C(=O)CN(c1ccc(C)c(C)c1)S(=O)(=O)c1ccc(C)cc1. The molecule has 0 bridgehead atoms. The van der Waals surface area contributed by atoms with Gasteiger partial charge in [-0.1, -0.05) is 66.2 Å². The van der Waals surface area contributed by atoms with Crippen LogP contribution in [0.1, 0.15) is 27.8 Å². The standard InChI is InChI=1S/C34H36FN3O4S/c1-24-10-18-31(19-11-24)43(41,42)38(30-17-12-25(2)26(3)20-30)23-33(39)37(22-28-13-15-29(35)16-14-28)32(34(40)36-4)21-27-8-6-5-7-9-27/h5-20,32H,21-23H2,1-4H3,(H,36,40)/t32-/m1/s1. The highest BCUT2D eigenvalue weighted by molar-refractivity contribution is 7.92. The van der Waals surface area contributed by atoms with Crippen molar-refractivity contribution in [3.05, 3.63) is 131 Å². The van der Waals surface area contributed by atoms with Gasteiger partial charge in [0.1, 0.15) is 18.4 Å². The molecule has 224 valence electrons. The number of nitrogens with zero attached hydrogens (tertiary/aromatic N) is 2. The van der Waals surface area contributed by atoms with Crippen molar-refractivity contribution < 1.29 is 22.4 Å². The zero-order valence-electron chi connectivity index (χ0n) is 24.7. The van der Waals surface area contributed by atoms with Crippen LogP contribution >= 0.6 is 0 Å². The number of rotatable bonds is 11. The molecule has 0 aliphatic carbocycles. The Kier molecular flexibility index (Phi) is 9.98. The lowest BCUT2D eigenvalue weighted by Gasteiger charge is -2.33. The fraction of sp³-hybridized carbons (Fsp3) is 0.235. The normalized spacial score (nSPS) is 11.9. The average molecular weight is 602 g/mol. The van der Waals surface area contributed by atoms with Crippen molar-refractivity contribution in [2.45, 2.75) is 44.7 Å². The largest absolute Gasteiger partial charge is 0.357 e. The molecular weight excluding hydrogens is 565 g/mol. The molecule has 7 nitrogen and oxygen atoms in total. The first-order valence-corrected chi connectivity index (χ1v) is 15.4. The van der Waals surface area contributed by atoms with Crippen LogP contribution < -0.4 is 9.62 Å². The van der Waals surface area contributed by atoms with E-state index in [1.165, 1.54) is 36.2 Å². The summed E-state index contributed by atoms with van der Waals surface area (Å²) in [6, 6.07) is 25.6. The molecule has 43 heavy (non-hydrogen) atoms. The Balaban J connectivity index is 1.80. The summed E-state index contributed by atoms with van der Waals surface area (Å²) >= 11 is 0. The molecule has 0 aliphatic rings. The monoisotopic (exact) mass is 601 g/mol. The number of aryl methyl sites for hydroxylation is 3. The minimum atomic E-state index is -4.18. The molecule has 0 radical (unpaired) electrons. The fourth-order valence-electron chi connectivity index (χ4n) is 4.75. The number of carbonyl (C=O) groups excluding carboxylic acids is 2.